The third kappa shape index (κ3) is 5.22. The standard InChI is InChI=1S/C51H29N3OS2/c1-3-13-30(14-4-1)49-52-50(31-15-5-2-6-16-31)54-51(53-49)32-25-26-38-45(29-32)57-44-24-12-20-36(47(38)44)40-28-33(27-39-35-17-7-9-21-41(35)55-48(39)40)34-19-11-23-43-46(34)37-18-8-10-22-42(37)56-43/h1-29H. The Labute approximate surface area is 335 Å². The lowest BCUT2D eigenvalue weighted by molar-refractivity contribution is 0.670. The summed E-state index contributed by atoms with van der Waals surface area (Å²) >= 11 is 3.65. The Bertz CT molecular complexity index is 3470. The molecule has 57 heavy (non-hydrogen) atoms. The van der Waals surface area contributed by atoms with Crippen molar-refractivity contribution >= 4 is 85.0 Å². The molecule has 0 N–H and O–H groups in total. The maximum absolute atomic E-state index is 6.76. The Hall–Kier alpha value is -6.99. The number of thiophene rings is 2. The fourth-order valence-electron chi connectivity index (χ4n) is 8.32. The molecule has 0 saturated heterocycles. The number of furan rings is 1. The van der Waals surface area contributed by atoms with Gasteiger partial charge < -0.3 is 4.42 Å². The average molecular weight is 764 g/mol. The van der Waals surface area contributed by atoms with E-state index < -0.39 is 0 Å². The van der Waals surface area contributed by atoms with Crippen LogP contribution in [0.4, 0.5) is 0 Å². The fraction of sp³-hybridized carbons (Fsp3) is 0. The van der Waals surface area contributed by atoms with Crippen LogP contribution < -0.4 is 0 Å². The second kappa shape index (κ2) is 12.8. The third-order valence-corrected chi connectivity index (χ3v) is 13.2. The molecule has 6 heteroatoms. The Morgan fingerprint density at radius 1 is 0.333 bits per heavy atom. The summed E-state index contributed by atoms with van der Waals surface area (Å²) in [7, 11) is 0. The first-order valence-electron chi connectivity index (χ1n) is 18.9. The Balaban J connectivity index is 1.07. The number of hydrogen-bond acceptors (Lipinski definition) is 6. The number of nitrogens with zero attached hydrogens (tertiary/aromatic N) is 3. The van der Waals surface area contributed by atoms with Crippen LogP contribution in [0.5, 0.6) is 0 Å². The SMILES string of the molecule is c1ccc(-c2nc(-c3ccccc3)nc(-c3ccc4c(c3)sc3cccc(-c5cc(-c6cccc7sc8ccccc8c67)cc6c5oc5ccccc56)c34)n2)cc1. The molecule has 0 spiro atoms. The average Bonchev–Trinajstić information content (AvgIpc) is 3.97. The van der Waals surface area contributed by atoms with Gasteiger partial charge in [0.05, 0.1) is 0 Å². The molecule has 0 unspecified atom stereocenters. The van der Waals surface area contributed by atoms with Gasteiger partial charge in [0.1, 0.15) is 11.2 Å². The molecule has 12 rings (SSSR count). The first kappa shape index (κ1) is 32.3. The van der Waals surface area contributed by atoms with E-state index in [1.54, 1.807) is 11.3 Å². The molecule has 8 aromatic carbocycles. The predicted molar refractivity (Wildman–Crippen MR) is 240 cm³/mol. The van der Waals surface area contributed by atoms with Gasteiger partial charge >= 0.3 is 0 Å². The Morgan fingerprint density at radius 2 is 0.895 bits per heavy atom. The van der Waals surface area contributed by atoms with E-state index in [1.807, 2.05) is 78.1 Å². The molecule has 0 atom stereocenters. The van der Waals surface area contributed by atoms with E-state index in [9.17, 15) is 0 Å². The van der Waals surface area contributed by atoms with Gasteiger partial charge in [-0.05, 0) is 59.2 Å². The molecule has 4 aromatic heterocycles. The van der Waals surface area contributed by atoms with Gasteiger partial charge in [-0.1, -0.05) is 133 Å². The molecular formula is C51H29N3OS2. The zero-order valence-corrected chi connectivity index (χ0v) is 31.9. The van der Waals surface area contributed by atoms with Crippen molar-refractivity contribution in [2.24, 2.45) is 0 Å². The summed E-state index contributed by atoms with van der Waals surface area (Å²) in [5.41, 5.74) is 9.28. The summed E-state index contributed by atoms with van der Waals surface area (Å²) in [5.74, 6) is 1.95. The van der Waals surface area contributed by atoms with Crippen LogP contribution in [0.2, 0.25) is 0 Å². The molecule has 0 aliphatic heterocycles. The van der Waals surface area contributed by atoms with Crippen LogP contribution >= 0.6 is 22.7 Å². The largest absolute Gasteiger partial charge is 0.455 e. The van der Waals surface area contributed by atoms with Gasteiger partial charge in [-0.25, -0.2) is 15.0 Å². The van der Waals surface area contributed by atoms with Crippen LogP contribution in [0.15, 0.2) is 180 Å². The molecule has 0 radical (unpaired) electrons. The Kier molecular flexibility index (Phi) is 7.24. The summed E-state index contributed by atoms with van der Waals surface area (Å²) in [6, 6.07) is 62.0. The molecule has 0 aliphatic rings. The third-order valence-electron chi connectivity index (χ3n) is 10.9. The number of rotatable bonds is 5. The summed E-state index contributed by atoms with van der Waals surface area (Å²) in [5, 5.41) is 7.23. The molecule has 0 amide bonds. The summed E-state index contributed by atoms with van der Waals surface area (Å²) < 4.78 is 11.7. The van der Waals surface area contributed by atoms with Gasteiger partial charge in [-0.2, -0.15) is 0 Å². The first-order chi connectivity index (χ1) is 28.2. The maximum Gasteiger partial charge on any atom is 0.164 e. The topological polar surface area (TPSA) is 51.8 Å². The van der Waals surface area contributed by atoms with Crippen LogP contribution in [0.3, 0.4) is 0 Å². The molecule has 0 bridgehead atoms. The van der Waals surface area contributed by atoms with Crippen molar-refractivity contribution in [3.8, 4) is 56.4 Å². The fourth-order valence-corrected chi connectivity index (χ4v) is 10.6. The van der Waals surface area contributed by atoms with Crippen molar-refractivity contribution in [3.05, 3.63) is 176 Å². The van der Waals surface area contributed by atoms with Crippen LogP contribution in [0.1, 0.15) is 0 Å². The highest BCUT2D eigenvalue weighted by Gasteiger charge is 2.21. The van der Waals surface area contributed by atoms with Crippen molar-refractivity contribution < 1.29 is 4.42 Å². The van der Waals surface area contributed by atoms with Crippen LogP contribution in [-0.2, 0) is 0 Å². The molecule has 12 aromatic rings. The molecule has 0 saturated carbocycles. The van der Waals surface area contributed by atoms with Gasteiger partial charge in [-0.3, -0.25) is 0 Å². The van der Waals surface area contributed by atoms with E-state index >= 15 is 0 Å². The lowest BCUT2D eigenvalue weighted by Gasteiger charge is -2.11. The van der Waals surface area contributed by atoms with Gasteiger partial charge in [0, 0.05) is 73.4 Å². The van der Waals surface area contributed by atoms with E-state index in [2.05, 4.69) is 109 Å². The van der Waals surface area contributed by atoms with E-state index in [1.165, 1.54) is 51.5 Å². The summed E-state index contributed by atoms with van der Waals surface area (Å²) in [4.78, 5) is 15.0. The second-order valence-electron chi connectivity index (χ2n) is 14.3. The zero-order chi connectivity index (χ0) is 37.5. The molecule has 0 fully saturated rings. The molecule has 0 aliphatic carbocycles. The van der Waals surface area contributed by atoms with Crippen LogP contribution in [0.25, 0.3) is 119 Å². The first-order valence-corrected chi connectivity index (χ1v) is 20.6. The van der Waals surface area contributed by atoms with E-state index in [4.69, 9.17) is 19.4 Å². The highest BCUT2D eigenvalue weighted by molar-refractivity contribution is 7.26. The number of fused-ring (bicyclic) bond motifs is 9. The number of aromatic nitrogens is 3. The minimum atomic E-state index is 0.647. The normalized spacial score (nSPS) is 11.9. The van der Waals surface area contributed by atoms with E-state index in [-0.39, 0.29) is 0 Å². The van der Waals surface area contributed by atoms with E-state index in [0.717, 1.165) is 49.8 Å². The lowest BCUT2D eigenvalue weighted by Crippen LogP contribution is -1.99. The maximum atomic E-state index is 6.76. The van der Waals surface area contributed by atoms with Crippen molar-refractivity contribution in [2.45, 2.75) is 0 Å². The molecule has 266 valence electrons. The predicted octanol–water partition coefficient (Wildman–Crippen LogP) is 14.8. The molecule has 4 nitrogen and oxygen atoms in total. The minimum absolute atomic E-state index is 0.647. The van der Waals surface area contributed by atoms with Gasteiger partial charge in [0.25, 0.3) is 0 Å². The zero-order valence-electron chi connectivity index (χ0n) is 30.3. The molecule has 4 heterocycles. The quantitative estimate of drug-likeness (QED) is 0.175. The summed E-state index contributed by atoms with van der Waals surface area (Å²) in [6.07, 6.45) is 0. The van der Waals surface area contributed by atoms with Crippen molar-refractivity contribution in [1.29, 1.82) is 0 Å². The number of benzene rings is 8. The lowest BCUT2D eigenvalue weighted by atomic mass is 9.92. The van der Waals surface area contributed by atoms with Gasteiger partial charge in [-0.15, -0.1) is 22.7 Å². The highest BCUT2D eigenvalue weighted by Crippen LogP contribution is 2.47. The van der Waals surface area contributed by atoms with Gasteiger partial charge in [0.2, 0.25) is 0 Å². The van der Waals surface area contributed by atoms with Crippen molar-refractivity contribution in [2.75, 3.05) is 0 Å². The monoisotopic (exact) mass is 763 g/mol. The van der Waals surface area contributed by atoms with Crippen LogP contribution in [-0.4, -0.2) is 15.0 Å². The van der Waals surface area contributed by atoms with Crippen LogP contribution in [0, 0.1) is 0 Å². The van der Waals surface area contributed by atoms with Gasteiger partial charge in [0.15, 0.2) is 17.5 Å². The minimum Gasteiger partial charge on any atom is -0.455 e. The van der Waals surface area contributed by atoms with E-state index in [0.29, 0.717) is 17.5 Å². The summed E-state index contributed by atoms with van der Waals surface area (Å²) in [6.45, 7) is 0. The smallest absolute Gasteiger partial charge is 0.164 e. The van der Waals surface area contributed by atoms with Crippen molar-refractivity contribution in [1.82, 2.24) is 15.0 Å². The molecular weight excluding hydrogens is 735 g/mol. The Morgan fingerprint density at radius 3 is 1.63 bits per heavy atom. The number of para-hydroxylation sites is 1. The van der Waals surface area contributed by atoms with Crippen molar-refractivity contribution in [3.63, 3.8) is 0 Å². The number of hydrogen-bond donors (Lipinski definition) is 0. The highest BCUT2D eigenvalue weighted by atomic mass is 32.1. The second-order valence-corrected chi connectivity index (χ2v) is 16.5.